The van der Waals surface area contributed by atoms with Crippen molar-refractivity contribution in [1.29, 1.82) is 0 Å². The van der Waals surface area contributed by atoms with Gasteiger partial charge in [-0.1, -0.05) is 35.9 Å². The molecule has 1 N–H and O–H groups in total. The summed E-state index contributed by atoms with van der Waals surface area (Å²) in [6.45, 7) is 0. The average Bonchev–Trinajstić information content (AvgIpc) is 2.70. The van der Waals surface area contributed by atoms with E-state index in [9.17, 15) is 9.59 Å². The molecule has 0 unspecified atom stereocenters. The second-order valence-corrected chi connectivity index (χ2v) is 7.19. The highest BCUT2D eigenvalue weighted by molar-refractivity contribution is 14.1. The van der Waals surface area contributed by atoms with E-state index in [4.69, 9.17) is 16.3 Å². The third-order valence-electron chi connectivity index (χ3n) is 3.68. The van der Waals surface area contributed by atoms with Crippen molar-refractivity contribution in [1.82, 2.24) is 5.43 Å². The van der Waals surface area contributed by atoms with Crippen molar-refractivity contribution in [3.63, 3.8) is 0 Å². The number of ether oxygens (including phenoxy) is 1. The fourth-order valence-corrected chi connectivity index (χ4v) is 3.11. The number of carbonyl (C=O) groups is 2. The second-order valence-electron chi connectivity index (χ2n) is 5.62. The van der Waals surface area contributed by atoms with Crippen molar-refractivity contribution in [3.8, 4) is 5.75 Å². The zero-order valence-electron chi connectivity index (χ0n) is 14.4. The maximum atomic E-state index is 12.2. The highest BCUT2D eigenvalue weighted by Crippen LogP contribution is 2.17. The Kier molecular flexibility index (Phi) is 6.78. The second kappa shape index (κ2) is 9.48. The molecule has 0 aromatic heterocycles. The molecule has 0 saturated carbocycles. The van der Waals surface area contributed by atoms with Gasteiger partial charge in [-0.15, -0.1) is 0 Å². The Morgan fingerprint density at radius 2 is 1.57 bits per heavy atom. The summed E-state index contributed by atoms with van der Waals surface area (Å²) in [5.74, 6) is -0.398. The molecular formula is C21H14ClIN2O3. The summed E-state index contributed by atoms with van der Waals surface area (Å²) >= 11 is 8.06. The molecule has 0 aliphatic carbocycles. The van der Waals surface area contributed by atoms with Crippen LogP contribution < -0.4 is 10.2 Å². The number of amides is 1. The summed E-state index contributed by atoms with van der Waals surface area (Å²) in [6.07, 6.45) is 1.49. The molecule has 0 radical (unpaired) electrons. The average molecular weight is 505 g/mol. The Labute approximate surface area is 180 Å². The summed E-state index contributed by atoms with van der Waals surface area (Å²) in [5.41, 5.74) is 4.01. The van der Waals surface area contributed by atoms with Crippen LogP contribution in [0.2, 0.25) is 5.02 Å². The number of hydrogen-bond donors (Lipinski definition) is 1. The zero-order chi connectivity index (χ0) is 19.9. The van der Waals surface area contributed by atoms with Gasteiger partial charge in [-0.3, -0.25) is 4.79 Å². The third kappa shape index (κ3) is 5.17. The molecule has 5 nitrogen and oxygen atoms in total. The monoisotopic (exact) mass is 504 g/mol. The van der Waals surface area contributed by atoms with Crippen LogP contribution in [-0.2, 0) is 0 Å². The third-order valence-corrected chi connectivity index (χ3v) is 4.95. The lowest BCUT2D eigenvalue weighted by atomic mass is 10.2. The van der Waals surface area contributed by atoms with E-state index in [0.29, 0.717) is 21.9 Å². The molecule has 28 heavy (non-hydrogen) atoms. The lowest BCUT2D eigenvalue weighted by Gasteiger charge is -2.06. The molecule has 0 aliphatic heterocycles. The number of nitrogens with zero attached hydrogens (tertiary/aromatic N) is 1. The minimum Gasteiger partial charge on any atom is -0.423 e. The highest BCUT2D eigenvalue weighted by atomic mass is 127. The molecule has 7 heteroatoms. The molecule has 3 aromatic rings. The van der Waals surface area contributed by atoms with Gasteiger partial charge in [0.15, 0.2) is 0 Å². The SMILES string of the molecule is O=C(NN=Cc1ccc(OC(=O)c2ccccc2I)cc1)c1ccccc1Cl. The van der Waals surface area contributed by atoms with Gasteiger partial charge in [0.2, 0.25) is 0 Å². The normalized spacial score (nSPS) is 10.6. The van der Waals surface area contributed by atoms with Gasteiger partial charge in [-0.25, -0.2) is 10.2 Å². The van der Waals surface area contributed by atoms with Crippen LogP contribution in [0.15, 0.2) is 77.9 Å². The summed E-state index contributed by atoms with van der Waals surface area (Å²) in [7, 11) is 0. The summed E-state index contributed by atoms with van der Waals surface area (Å²) < 4.78 is 6.20. The lowest BCUT2D eigenvalue weighted by molar-refractivity contribution is 0.0733. The first kappa shape index (κ1) is 20.0. The number of nitrogens with one attached hydrogen (secondary N) is 1. The summed E-state index contributed by atoms with van der Waals surface area (Å²) in [5, 5.41) is 4.27. The van der Waals surface area contributed by atoms with Crippen LogP contribution in [0.25, 0.3) is 0 Å². The van der Waals surface area contributed by atoms with E-state index in [-0.39, 0.29) is 0 Å². The van der Waals surface area contributed by atoms with Gasteiger partial charge in [0.25, 0.3) is 5.91 Å². The molecule has 0 bridgehead atoms. The number of halogens is 2. The maximum absolute atomic E-state index is 12.2. The number of hydrazone groups is 1. The van der Waals surface area contributed by atoms with E-state index in [1.165, 1.54) is 6.21 Å². The molecule has 0 saturated heterocycles. The molecule has 0 spiro atoms. The Bertz CT molecular complexity index is 1040. The van der Waals surface area contributed by atoms with Crippen molar-refractivity contribution in [2.75, 3.05) is 0 Å². The lowest BCUT2D eigenvalue weighted by Crippen LogP contribution is -2.17. The van der Waals surface area contributed by atoms with Crippen molar-refractivity contribution in [2.24, 2.45) is 5.10 Å². The first-order valence-corrected chi connectivity index (χ1v) is 9.65. The first-order valence-electron chi connectivity index (χ1n) is 8.19. The molecule has 3 aromatic carbocycles. The molecule has 0 heterocycles. The van der Waals surface area contributed by atoms with Crippen molar-refractivity contribution >= 4 is 52.3 Å². The summed E-state index contributed by atoms with van der Waals surface area (Å²) in [6, 6.07) is 20.7. The highest BCUT2D eigenvalue weighted by Gasteiger charge is 2.11. The van der Waals surface area contributed by atoms with E-state index < -0.39 is 11.9 Å². The number of hydrogen-bond acceptors (Lipinski definition) is 4. The molecule has 0 atom stereocenters. The van der Waals surface area contributed by atoms with Crippen molar-refractivity contribution in [3.05, 3.63) is 98.1 Å². The Balaban J connectivity index is 1.59. The predicted octanol–water partition coefficient (Wildman–Crippen LogP) is 4.93. The van der Waals surface area contributed by atoms with Gasteiger partial charge in [0.05, 0.1) is 22.4 Å². The molecule has 0 aliphatic rings. The predicted molar refractivity (Wildman–Crippen MR) is 117 cm³/mol. The minimum absolute atomic E-state index is 0.346. The Morgan fingerprint density at radius 3 is 2.25 bits per heavy atom. The number of benzene rings is 3. The fourth-order valence-electron chi connectivity index (χ4n) is 2.28. The first-order chi connectivity index (χ1) is 13.5. The van der Waals surface area contributed by atoms with Crippen LogP contribution in [0.3, 0.4) is 0 Å². The molecular weight excluding hydrogens is 491 g/mol. The fraction of sp³-hybridized carbons (Fsp3) is 0. The van der Waals surface area contributed by atoms with Crippen LogP contribution in [0.5, 0.6) is 5.75 Å². The van der Waals surface area contributed by atoms with E-state index in [1.807, 2.05) is 12.1 Å². The van der Waals surface area contributed by atoms with Crippen molar-refractivity contribution in [2.45, 2.75) is 0 Å². The molecule has 1 amide bonds. The van der Waals surface area contributed by atoms with Gasteiger partial charge >= 0.3 is 5.97 Å². The smallest absolute Gasteiger partial charge is 0.344 e. The number of carbonyl (C=O) groups excluding carboxylic acids is 2. The summed E-state index contributed by atoms with van der Waals surface area (Å²) in [4.78, 5) is 24.2. The van der Waals surface area contributed by atoms with E-state index in [1.54, 1.807) is 60.7 Å². The molecule has 0 fully saturated rings. The maximum Gasteiger partial charge on any atom is 0.344 e. The van der Waals surface area contributed by atoms with Gasteiger partial charge in [0, 0.05) is 3.57 Å². The molecule has 3 rings (SSSR count). The van der Waals surface area contributed by atoms with Gasteiger partial charge in [-0.05, 0) is 76.7 Å². The van der Waals surface area contributed by atoms with E-state index in [2.05, 4.69) is 33.1 Å². The standard InChI is InChI=1S/C21H14ClIN2O3/c22-18-7-3-1-5-16(18)20(26)25-24-13-14-9-11-15(12-10-14)28-21(27)17-6-2-4-8-19(17)23/h1-13H,(H,25,26). The van der Waals surface area contributed by atoms with Crippen molar-refractivity contribution < 1.29 is 14.3 Å². The molecule has 140 valence electrons. The van der Waals surface area contributed by atoms with Crippen LogP contribution in [0.1, 0.15) is 26.3 Å². The zero-order valence-corrected chi connectivity index (χ0v) is 17.3. The quantitative estimate of drug-likeness (QED) is 0.176. The minimum atomic E-state index is -0.418. The van der Waals surface area contributed by atoms with Crippen LogP contribution >= 0.6 is 34.2 Å². The van der Waals surface area contributed by atoms with Crippen LogP contribution in [0.4, 0.5) is 0 Å². The Morgan fingerprint density at radius 1 is 0.929 bits per heavy atom. The number of rotatable bonds is 5. The van der Waals surface area contributed by atoms with E-state index >= 15 is 0 Å². The van der Waals surface area contributed by atoms with E-state index in [0.717, 1.165) is 9.13 Å². The van der Waals surface area contributed by atoms with Gasteiger partial charge in [0.1, 0.15) is 5.75 Å². The van der Waals surface area contributed by atoms with Gasteiger partial charge in [-0.2, -0.15) is 5.10 Å². The topological polar surface area (TPSA) is 67.8 Å². The largest absolute Gasteiger partial charge is 0.423 e. The van der Waals surface area contributed by atoms with Crippen LogP contribution in [0, 0.1) is 3.57 Å². The van der Waals surface area contributed by atoms with Gasteiger partial charge < -0.3 is 4.74 Å². The number of esters is 1. The van der Waals surface area contributed by atoms with Crippen LogP contribution in [-0.4, -0.2) is 18.1 Å². The Hall–Kier alpha value is -2.71.